The predicted molar refractivity (Wildman–Crippen MR) is 156 cm³/mol. The summed E-state index contributed by atoms with van der Waals surface area (Å²) in [4.78, 5) is 22.1. The van der Waals surface area contributed by atoms with Crippen molar-refractivity contribution in [3.8, 4) is 17.0 Å². The number of hydrogen-bond acceptors (Lipinski definition) is 6. The molecule has 3 aromatic rings. The molecule has 1 fully saturated rings. The molecule has 2 atom stereocenters. The molecular formula is C32H37F3N4O3. The summed E-state index contributed by atoms with van der Waals surface area (Å²) in [7, 11) is 1.61. The quantitative estimate of drug-likeness (QED) is 0.296. The molecule has 2 heterocycles. The van der Waals surface area contributed by atoms with Gasteiger partial charge >= 0.3 is 12.3 Å². The highest BCUT2D eigenvalue weighted by Crippen LogP contribution is 2.52. The number of piperazine rings is 1. The number of aromatic nitrogens is 1. The van der Waals surface area contributed by atoms with Crippen molar-refractivity contribution in [1.29, 1.82) is 0 Å². The fraction of sp³-hybridized carbons (Fsp3) is 0.438. The van der Waals surface area contributed by atoms with Gasteiger partial charge in [-0.3, -0.25) is 4.90 Å². The number of pyridine rings is 1. The molecule has 0 bridgehead atoms. The SMILES string of the molecule is COc1cccc(N2CC(C)N(CCCCC3(OC(=O)NCC(F)(F)F)c4ccccc4-c4ccccc43)C(C)C2)n1. The minimum absolute atomic E-state index is 0.285. The lowest BCUT2D eigenvalue weighted by Gasteiger charge is -2.45. The number of unbranched alkanes of at least 4 members (excludes halogenated alkanes) is 1. The number of amides is 1. The van der Waals surface area contributed by atoms with Crippen LogP contribution in [-0.2, 0) is 10.3 Å². The zero-order chi connectivity index (χ0) is 29.9. The molecule has 2 aromatic carbocycles. The van der Waals surface area contributed by atoms with Crippen molar-refractivity contribution in [2.75, 3.05) is 38.2 Å². The number of nitrogens with zero attached hydrogens (tertiary/aromatic N) is 3. The fourth-order valence-corrected chi connectivity index (χ4v) is 6.43. The van der Waals surface area contributed by atoms with Gasteiger partial charge in [-0.05, 0) is 56.8 Å². The number of benzene rings is 2. The molecule has 1 saturated heterocycles. The maximum Gasteiger partial charge on any atom is 0.408 e. The Morgan fingerprint density at radius 1 is 0.952 bits per heavy atom. The molecule has 0 spiro atoms. The largest absolute Gasteiger partial charge is 0.481 e. The lowest BCUT2D eigenvalue weighted by atomic mass is 9.86. The molecule has 2 unspecified atom stereocenters. The van der Waals surface area contributed by atoms with Gasteiger partial charge < -0.3 is 19.7 Å². The van der Waals surface area contributed by atoms with Crippen molar-refractivity contribution in [3.05, 3.63) is 77.9 Å². The number of carbonyl (C=O) groups is 1. The number of rotatable bonds is 9. The monoisotopic (exact) mass is 582 g/mol. The zero-order valence-electron chi connectivity index (χ0n) is 24.2. The van der Waals surface area contributed by atoms with Gasteiger partial charge in [0.25, 0.3) is 0 Å². The number of alkyl carbamates (subject to hydrolysis) is 1. The van der Waals surface area contributed by atoms with Crippen molar-refractivity contribution in [3.63, 3.8) is 0 Å². The van der Waals surface area contributed by atoms with Gasteiger partial charge in [-0.1, -0.05) is 54.6 Å². The van der Waals surface area contributed by atoms with Crippen LogP contribution in [0.2, 0.25) is 0 Å². The average molecular weight is 583 g/mol. The fourth-order valence-electron chi connectivity index (χ4n) is 6.43. The lowest BCUT2D eigenvalue weighted by Crippen LogP contribution is -2.57. The van der Waals surface area contributed by atoms with Crippen LogP contribution in [0.25, 0.3) is 11.1 Å². The Balaban J connectivity index is 1.29. The van der Waals surface area contributed by atoms with E-state index >= 15 is 0 Å². The molecule has 0 saturated carbocycles. The Hall–Kier alpha value is -3.79. The van der Waals surface area contributed by atoms with E-state index < -0.39 is 24.4 Å². The van der Waals surface area contributed by atoms with Crippen LogP contribution in [0.3, 0.4) is 0 Å². The summed E-state index contributed by atoms with van der Waals surface area (Å²) in [5, 5.41) is 1.90. The minimum Gasteiger partial charge on any atom is -0.481 e. The van der Waals surface area contributed by atoms with Crippen LogP contribution in [0, 0.1) is 0 Å². The number of alkyl halides is 3. The van der Waals surface area contributed by atoms with Gasteiger partial charge in [0.05, 0.1) is 7.11 Å². The van der Waals surface area contributed by atoms with Crippen molar-refractivity contribution in [2.45, 2.75) is 57.0 Å². The van der Waals surface area contributed by atoms with Gasteiger partial charge in [0.15, 0.2) is 5.60 Å². The highest BCUT2D eigenvalue weighted by molar-refractivity contribution is 5.82. The molecule has 1 aliphatic heterocycles. The van der Waals surface area contributed by atoms with Crippen molar-refractivity contribution in [2.24, 2.45) is 0 Å². The zero-order valence-corrected chi connectivity index (χ0v) is 24.2. The maximum absolute atomic E-state index is 12.9. The highest BCUT2D eigenvalue weighted by Gasteiger charge is 2.46. The molecule has 224 valence electrons. The predicted octanol–water partition coefficient (Wildman–Crippen LogP) is 6.37. The number of methoxy groups -OCH3 is 1. The summed E-state index contributed by atoms with van der Waals surface area (Å²) in [6.07, 6.45) is -3.60. The van der Waals surface area contributed by atoms with E-state index in [0.29, 0.717) is 18.7 Å². The van der Waals surface area contributed by atoms with E-state index in [1.807, 2.05) is 72.0 Å². The first-order valence-corrected chi connectivity index (χ1v) is 14.4. The van der Waals surface area contributed by atoms with E-state index in [9.17, 15) is 18.0 Å². The molecule has 10 heteroatoms. The van der Waals surface area contributed by atoms with Crippen molar-refractivity contribution >= 4 is 11.9 Å². The van der Waals surface area contributed by atoms with Crippen LogP contribution in [0.15, 0.2) is 66.7 Å². The van der Waals surface area contributed by atoms with Gasteiger partial charge in [0.2, 0.25) is 5.88 Å². The van der Waals surface area contributed by atoms with Crippen LogP contribution in [0.5, 0.6) is 5.88 Å². The summed E-state index contributed by atoms with van der Waals surface area (Å²) >= 11 is 0. The number of ether oxygens (including phenoxy) is 2. The Kier molecular flexibility index (Phi) is 8.63. The van der Waals surface area contributed by atoms with Gasteiger partial charge in [-0.25, -0.2) is 4.79 Å². The molecule has 5 rings (SSSR count). The average Bonchev–Trinajstić information content (AvgIpc) is 3.24. The van der Waals surface area contributed by atoms with E-state index in [-0.39, 0.29) is 12.1 Å². The van der Waals surface area contributed by atoms with Crippen molar-refractivity contribution < 1.29 is 27.4 Å². The molecular weight excluding hydrogens is 545 g/mol. The summed E-state index contributed by atoms with van der Waals surface area (Å²) in [5.41, 5.74) is 2.29. The molecule has 42 heavy (non-hydrogen) atoms. The van der Waals surface area contributed by atoms with Crippen molar-refractivity contribution in [1.82, 2.24) is 15.2 Å². The number of anilines is 1. The first kappa shape index (κ1) is 29.7. The number of hydrogen-bond donors (Lipinski definition) is 1. The Morgan fingerprint density at radius 2 is 1.57 bits per heavy atom. The second kappa shape index (κ2) is 12.2. The van der Waals surface area contributed by atoms with E-state index in [4.69, 9.17) is 9.47 Å². The molecule has 1 aromatic heterocycles. The first-order valence-electron chi connectivity index (χ1n) is 14.4. The minimum atomic E-state index is -4.53. The number of halogens is 3. The highest BCUT2D eigenvalue weighted by atomic mass is 19.4. The normalized spacial score (nSPS) is 19.6. The van der Waals surface area contributed by atoms with Gasteiger partial charge in [0, 0.05) is 42.4 Å². The van der Waals surface area contributed by atoms with E-state index in [1.165, 1.54) is 0 Å². The van der Waals surface area contributed by atoms with Gasteiger partial charge in [-0.15, -0.1) is 0 Å². The maximum atomic E-state index is 12.9. The number of nitrogens with one attached hydrogen (secondary N) is 1. The summed E-state index contributed by atoms with van der Waals surface area (Å²) in [5.74, 6) is 1.49. The lowest BCUT2D eigenvalue weighted by molar-refractivity contribution is -0.124. The second-order valence-electron chi connectivity index (χ2n) is 11.1. The third kappa shape index (κ3) is 6.18. The van der Waals surface area contributed by atoms with Gasteiger partial charge in [0.1, 0.15) is 12.4 Å². The van der Waals surface area contributed by atoms with Crippen LogP contribution in [-0.4, -0.2) is 67.5 Å². The van der Waals surface area contributed by atoms with E-state index in [0.717, 1.165) is 54.1 Å². The topological polar surface area (TPSA) is 66.9 Å². The van der Waals surface area contributed by atoms with Crippen LogP contribution < -0.4 is 15.0 Å². The van der Waals surface area contributed by atoms with Crippen LogP contribution in [0.1, 0.15) is 44.2 Å². The van der Waals surface area contributed by atoms with Gasteiger partial charge in [-0.2, -0.15) is 18.2 Å². The number of fused-ring (bicyclic) bond motifs is 3. The number of carbonyl (C=O) groups excluding carboxylic acids is 1. The standard InChI is InChI=1S/C32H37F3N4O3/c1-22-19-38(28-15-10-16-29(37-28)41-3)20-23(2)39(22)18-9-8-17-31(42-30(40)36-21-32(33,34)35)26-13-6-4-11-24(26)25-12-5-7-14-27(25)31/h4-7,10-16,22-23H,8-9,17-21H2,1-3H3,(H,36,40). The summed E-state index contributed by atoms with van der Waals surface area (Å²) in [6, 6.07) is 21.7. The summed E-state index contributed by atoms with van der Waals surface area (Å²) < 4.78 is 49.9. The molecule has 1 N–H and O–H groups in total. The Morgan fingerprint density at radius 3 is 2.17 bits per heavy atom. The van der Waals surface area contributed by atoms with Crippen LogP contribution >= 0.6 is 0 Å². The molecule has 1 amide bonds. The molecule has 0 radical (unpaired) electrons. The molecule has 7 nitrogen and oxygen atoms in total. The summed E-state index contributed by atoms with van der Waals surface area (Å²) in [6.45, 7) is 5.48. The Labute approximate surface area is 244 Å². The van der Waals surface area contributed by atoms with E-state index in [2.05, 4.69) is 28.6 Å². The molecule has 2 aliphatic rings. The second-order valence-corrected chi connectivity index (χ2v) is 11.1. The Bertz CT molecular complexity index is 1340. The molecule has 1 aliphatic carbocycles. The smallest absolute Gasteiger partial charge is 0.408 e. The van der Waals surface area contributed by atoms with E-state index in [1.54, 1.807) is 7.11 Å². The third-order valence-corrected chi connectivity index (χ3v) is 8.25. The first-order chi connectivity index (χ1) is 20.1. The van der Waals surface area contributed by atoms with Crippen LogP contribution in [0.4, 0.5) is 23.8 Å². The third-order valence-electron chi connectivity index (χ3n) is 8.25.